The summed E-state index contributed by atoms with van der Waals surface area (Å²) >= 11 is 18.5. The molecule has 35 heavy (non-hydrogen) atoms. The molecule has 0 aliphatic rings. The lowest BCUT2D eigenvalue weighted by molar-refractivity contribution is -0.113. The summed E-state index contributed by atoms with van der Waals surface area (Å²) in [6, 6.07) is 13.2. The number of allylic oxidation sites excluding steroid dienone is 1. The summed E-state index contributed by atoms with van der Waals surface area (Å²) in [4.78, 5) is 12.8. The van der Waals surface area contributed by atoms with E-state index in [2.05, 4.69) is 15.5 Å². The number of aliphatic hydroxyl groups is 2. The van der Waals surface area contributed by atoms with Crippen molar-refractivity contribution in [1.29, 1.82) is 0 Å². The van der Waals surface area contributed by atoms with Gasteiger partial charge in [0.25, 0.3) is 5.91 Å². The van der Waals surface area contributed by atoms with Crippen LogP contribution in [0.2, 0.25) is 15.1 Å². The van der Waals surface area contributed by atoms with Gasteiger partial charge in [-0.15, -0.1) is 10.2 Å². The van der Waals surface area contributed by atoms with Crippen LogP contribution < -0.4 is 15.8 Å². The van der Waals surface area contributed by atoms with Crippen LogP contribution in [0.25, 0.3) is 11.1 Å². The zero-order chi connectivity index (χ0) is 25.7. The van der Waals surface area contributed by atoms with Crippen molar-refractivity contribution in [3.05, 3.63) is 80.6 Å². The molecule has 0 aliphatic heterocycles. The zero-order valence-electron chi connectivity index (χ0n) is 18.6. The van der Waals surface area contributed by atoms with Gasteiger partial charge in [0, 0.05) is 11.1 Å². The van der Waals surface area contributed by atoms with E-state index in [-0.39, 0.29) is 45.2 Å². The van der Waals surface area contributed by atoms with E-state index in [1.807, 2.05) is 6.07 Å². The summed E-state index contributed by atoms with van der Waals surface area (Å²) in [7, 11) is 1.40. The Bertz CT molecular complexity index is 1340. The van der Waals surface area contributed by atoms with E-state index in [1.165, 1.54) is 26.2 Å². The molecule has 0 aliphatic carbocycles. The second-order valence-electron chi connectivity index (χ2n) is 7.29. The number of methoxy groups -OCH3 is 1. The number of benzene rings is 3. The number of anilines is 2. The smallest absolute Gasteiger partial charge is 0.279 e. The maximum absolute atomic E-state index is 12.8. The molecular formula is C24H21Cl3N4O4. The standard InChI is InChI=1S/C24H21Cl3N4O4/c1-12(33)23(24(34)29-21-9-15(11-32)16(25)10-22(21)35-2)31-30-20-6-4-14(8-18(20)27)13-3-5-19(28)17(26)7-13/h3-10,32-33H,11,28H2,1-2H3,(H,29,34). The number of aliphatic hydroxyl groups excluding tert-OH is 2. The Morgan fingerprint density at radius 2 is 1.69 bits per heavy atom. The number of nitrogens with one attached hydrogen (secondary N) is 1. The number of carbonyl (C=O) groups is 1. The number of amides is 1. The van der Waals surface area contributed by atoms with Crippen LogP contribution in [0.3, 0.4) is 0 Å². The Labute approximate surface area is 216 Å². The Morgan fingerprint density at radius 1 is 1.03 bits per heavy atom. The highest BCUT2D eigenvalue weighted by atomic mass is 35.5. The molecule has 0 unspecified atom stereocenters. The molecule has 0 saturated carbocycles. The maximum atomic E-state index is 12.8. The zero-order valence-corrected chi connectivity index (χ0v) is 20.9. The Morgan fingerprint density at radius 3 is 2.26 bits per heavy atom. The molecule has 5 N–H and O–H groups in total. The first-order valence-electron chi connectivity index (χ1n) is 10.1. The normalized spacial score (nSPS) is 11.9. The van der Waals surface area contributed by atoms with Gasteiger partial charge < -0.3 is 26.0 Å². The van der Waals surface area contributed by atoms with E-state index < -0.39 is 5.91 Å². The number of carbonyl (C=O) groups excluding carboxylic acids is 1. The summed E-state index contributed by atoms with van der Waals surface area (Å²) in [6.45, 7) is 0.950. The minimum Gasteiger partial charge on any atom is -0.510 e. The van der Waals surface area contributed by atoms with Gasteiger partial charge in [-0.1, -0.05) is 46.9 Å². The highest BCUT2D eigenvalue weighted by Gasteiger charge is 2.17. The van der Waals surface area contributed by atoms with Gasteiger partial charge in [-0.05, 0) is 53.9 Å². The van der Waals surface area contributed by atoms with Gasteiger partial charge in [0.1, 0.15) is 17.2 Å². The molecule has 0 atom stereocenters. The van der Waals surface area contributed by atoms with E-state index in [1.54, 1.807) is 30.3 Å². The molecule has 3 rings (SSSR count). The summed E-state index contributed by atoms with van der Waals surface area (Å²) in [6.07, 6.45) is 0. The third kappa shape index (κ3) is 6.23. The van der Waals surface area contributed by atoms with E-state index in [0.717, 1.165) is 11.1 Å². The Hall–Kier alpha value is -3.30. The predicted octanol–water partition coefficient (Wildman–Crippen LogP) is 6.91. The van der Waals surface area contributed by atoms with Crippen LogP contribution in [0, 0.1) is 0 Å². The molecule has 8 nitrogen and oxygen atoms in total. The Kier molecular flexibility index (Phi) is 8.58. The predicted molar refractivity (Wildman–Crippen MR) is 139 cm³/mol. The highest BCUT2D eigenvalue weighted by Crippen LogP contribution is 2.34. The summed E-state index contributed by atoms with van der Waals surface area (Å²) in [5.41, 5.74) is 8.33. The van der Waals surface area contributed by atoms with Gasteiger partial charge in [-0.25, -0.2) is 0 Å². The van der Waals surface area contributed by atoms with E-state index in [0.29, 0.717) is 16.3 Å². The number of ether oxygens (including phenoxy) is 1. The average molecular weight is 536 g/mol. The third-order valence-electron chi connectivity index (χ3n) is 4.88. The molecule has 0 fully saturated rings. The van der Waals surface area contributed by atoms with Crippen molar-refractivity contribution in [1.82, 2.24) is 0 Å². The summed E-state index contributed by atoms with van der Waals surface area (Å²) in [5.74, 6) is -0.873. The molecule has 0 bridgehead atoms. The van der Waals surface area contributed by atoms with Gasteiger partial charge in [-0.3, -0.25) is 4.79 Å². The molecule has 3 aromatic rings. The minimum atomic E-state index is -0.762. The van der Waals surface area contributed by atoms with Crippen molar-refractivity contribution in [3.63, 3.8) is 0 Å². The number of hydrogen-bond acceptors (Lipinski definition) is 7. The molecule has 0 heterocycles. The van der Waals surface area contributed by atoms with Crippen molar-refractivity contribution in [2.24, 2.45) is 10.2 Å². The second-order valence-corrected chi connectivity index (χ2v) is 8.51. The van der Waals surface area contributed by atoms with E-state index in [9.17, 15) is 15.0 Å². The molecule has 0 saturated heterocycles. The SMILES string of the molecule is COc1cc(Cl)c(CO)cc1NC(=O)C(N=Nc1ccc(-c2ccc(N)c(Cl)c2)cc1Cl)=C(C)O. The van der Waals surface area contributed by atoms with Crippen molar-refractivity contribution < 1.29 is 19.7 Å². The van der Waals surface area contributed by atoms with Gasteiger partial charge in [-0.2, -0.15) is 0 Å². The fourth-order valence-electron chi connectivity index (χ4n) is 3.03. The van der Waals surface area contributed by atoms with Crippen LogP contribution in [0.4, 0.5) is 17.1 Å². The molecule has 0 aromatic heterocycles. The van der Waals surface area contributed by atoms with Crippen molar-refractivity contribution in [3.8, 4) is 16.9 Å². The number of rotatable bonds is 7. The molecule has 0 radical (unpaired) electrons. The number of halogens is 3. The van der Waals surface area contributed by atoms with Crippen LogP contribution >= 0.6 is 34.8 Å². The maximum Gasteiger partial charge on any atom is 0.279 e. The van der Waals surface area contributed by atoms with Crippen molar-refractivity contribution in [2.75, 3.05) is 18.2 Å². The first kappa shape index (κ1) is 26.3. The quantitative estimate of drug-likeness (QED) is 0.113. The third-order valence-corrected chi connectivity index (χ3v) is 5.87. The molecule has 3 aromatic carbocycles. The van der Waals surface area contributed by atoms with Crippen molar-refractivity contribution in [2.45, 2.75) is 13.5 Å². The largest absolute Gasteiger partial charge is 0.510 e. The molecule has 1 amide bonds. The van der Waals surface area contributed by atoms with Crippen LogP contribution in [0.5, 0.6) is 5.75 Å². The average Bonchev–Trinajstić information content (AvgIpc) is 2.82. The minimum absolute atomic E-state index is 0.226. The lowest BCUT2D eigenvalue weighted by Gasteiger charge is -2.13. The number of nitrogens with zero attached hydrogens (tertiary/aromatic N) is 2. The highest BCUT2D eigenvalue weighted by molar-refractivity contribution is 6.34. The summed E-state index contributed by atoms with van der Waals surface area (Å²) < 4.78 is 5.23. The van der Waals surface area contributed by atoms with Gasteiger partial charge in [0.2, 0.25) is 0 Å². The van der Waals surface area contributed by atoms with Gasteiger partial charge in [0.15, 0.2) is 5.70 Å². The number of nitrogens with two attached hydrogens (primary N) is 1. The lowest BCUT2D eigenvalue weighted by Crippen LogP contribution is -2.15. The fourth-order valence-corrected chi connectivity index (χ4v) is 3.64. The van der Waals surface area contributed by atoms with Gasteiger partial charge in [0.05, 0.1) is 35.1 Å². The molecule has 11 heteroatoms. The van der Waals surface area contributed by atoms with E-state index in [4.69, 9.17) is 45.3 Å². The van der Waals surface area contributed by atoms with Crippen LogP contribution in [0.1, 0.15) is 12.5 Å². The fraction of sp³-hybridized carbons (Fsp3) is 0.125. The topological polar surface area (TPSA) is 130 Å². The molecule has 182 valence electrons. The summed E-state index contributed by atoms with van der Waals surface area (Å²) in [5, 5.41) is 30.9. The van der Waals surface area contributed by atoms with Crippen LogP contribution in [-0.4, -0.2) is 23.2 Å². The Balaban J connectivity index is 1.85. The monoisotopic (exact) mass is 534 g/mol. The second kappa shape index (κ2) is 11.4. The number of nitrogen functional groups attached to an aromatic ring is 1. The first-order valence-corrected chi connectivity index (χ1v) is 11.2. The first-order chi connectivity index (χ1) is 16.6. The van der Waals surface area contributed by atoms with Gasteiger partial charge >= 0.3 is 0 Å². The molecular weight excluding hydrogens is 515 g/mol. The van der Waals surface area contributed by atoms with Crippen LogP contribution in [0.15, 0.2) is 70.2 Å². The van der Waals surface area contributed by atoms with E-state index >= 15 is 0 Å². The number of azo groups is 1. The number of hydrogen-bond donors (Lipinski definition) is 4. The van der Waals surface area contributed by atoms with Crippen molar-refractivity contribution >= 4 is 57.8 Å². The lowest BCUT2D eigenvalue weighted by atomic mass is 10.1. The molecule has 0 spiro atoms. The van der Waals surface area contributed by atoms with Crippen LogP contribution in [-0.2, 0) is 11.4 Å².